The van der Waals surface area contributed by atoms with Crippen LogP contribution in [0, 0.1) is 6.92 Å². The molecule has 0 atom stereocenters. The first-order valence-corrected chi connectivity index (χ1v) is 9.12. The molecule has 2 heterocycles. The maximum atomic E-state index is 13.0. The van der Waals surface area contributed by atoms with Gasteiger partial charge in [0.1, 0.15) is 0 Å². The Hall–Kier alpha value is -2.45. The number of hydrogen-bond acceptors (Lipinski definition) is 4. The number of benzene rings is 1. The summed E-state index contributed by atoms with van der Waals surface area (Å²) in [6.07, 6.45) is -0.831. The molecule has 3 rings (SSSR count). The van der Waals surface area contributed by atoms with E-state index in [1.165, 1.54) is 18.2 Å². The van der Waals surface area contributed by atoms with Crippen LogP contribution in [0.5, 0.6) is 0 Å². The molecule has 0 spiro atoms. The first-order chi connectivity index (χ1) is 13.3. The Labute approximate surface area is 162 Å². The van der Waals surface area contributed by atoms with Gasteiger partial charge in [-0.2, -0.15) is 13.2 Å². The number of piperazine rings is 1. The number of aryl methyl sites for hydroxylation is 1. The van der Waals surface area contributed by atoms with Crippen LogP contribution in [-0.2, 0) is 17.5 Å². The van der Waals surface area contributed by atoms with Gasteiger partial charge in [-0.15, -0.1) is 0 Å². The number of hydrogen-bond donors (Lipinski definition) is 1. The summed E-state index contributed by atoms with van der Waals surface area (Å²) < 4.78 is 39.1. The first kappa shape index (κ1) is 20.3. The maximum absolute atomic E-state index is 13.0. The number of amides is 1. The highest BCUT2D eigenvalue weighted by molar-refractivity contribution is 5.93. The first-order valence-electron chi connectivity index (χ1n) is 9.12. The van der Waals surface area contributed by atoms with E-state index in [0.717, 1.165) is 36.8 Å². The number of nitrogens with zero attached hydrogens (tertiary/aromatic N) is 3. The molecule has 1 fully saturated rings. The lowest BCUT2D eigenvalue weighted by molar-refractivity contribution is -0.137. The van der Waals surface area contributed by atoms with Gasteiger partial charge in [0.15, 0.2) is 0 Å². The minimum Gasteiger partial charge on any atom is -0.324 e. The Bertz CT molecular complexity index is 817. The Morgan fingerprint density at radius 2 is 1.79 bits per heavy atom. The molecular formula is C20H23F3N4O. The summed E-state index contributed by atoms with van der Waals surface area (Å²) >= 11 is 0. The van der Waals surface area contributed by atoms with E-state index in [0.29, 0.717) is 13.1 Å². The van der Waals surface area contributed by atoms with Crippen molar-refractivity contribution < 1.29 is 18.0 Å². The molecular weight excluding hydrogens is 369 g/mol. The fraction of sp³-hybridized carbons (Fsp3) is 0.400. The van der Waals surface area contributed by atoms with Gasteiger partial charge in [0.2, 0.25) is 5.91 Å². The molecule has 8 heteroatoms. The van der Waals surface area contributed by atoms with Crippen LogP contribution in [0.25, 0.3) is 0 Å². The molecule has 0 aliphatic carbocycles. The average molecular weight is 392 g/mol. The van der Waals surface area contributed by atoms with Crippen LogP contribution in [0.4, 0.5) is 18.9 Å². The molecule has 0 bridgehead atoms. The molecule has 0 unspecified atom stereocenters. The number of rotatable bonds is 5. The van der Waals surface area contributed by atoms with Crippen molar-refractivity contribution in [1.29, 1.82) is 0 Å². The highest BCUT2D eigenvalue weighted by Crippen LogP contribution is 2.34. The highest BCUT2D eigenvalue weighted by Gasteiger charge is 2.33. The lowest BCUT2D eigenvalue weighted by Crippen LogP contribution is -2.48. The molecule has 5 nitrogen and oxygen atoms in total. The molecule has 2 aromatic rings. The summed E-state index contributed by atoms with van der Waals surface area (Å²) in [6, 6.07) is 7.12. The van der Waals surface area contributed by atoms with Crippen LogP contribution in [0.2, 0.25) is 0 Å². The number of nitrogens with one attached hydrogen (secondary N) is 1. The van der Waals surface area contributed by atoms with Crippen LogP contribution in [0.3, 0.4) is 0 Å². The number of halogens is 3. The maximum Gasteiger partial charge on any atom is 0.418 e. The molecule has 1 amide bonds. The minimum atomic E-state index is -4.50. The summed E-state index contributed by atoms with van der Waals surface area (Å²) in [5.74, 6) is -0.437. The minimum absolute atomic E-state index is 0.0754. The topological polar surface area (TPSA) is 48.5 Å². The highest BCUT2D eigenvalue weighted by atomic mass is 19.4. The SMILES string of the molecule is Cc1cncc(CN2CCN(CC(=O)Nc3ccccc3C(F)(F)F)CC2)c1. The van der Waals surface area contributed by atoms with E-state index in [-0.39, 0.29) is 12.2 Å². The normalized spacial score (nSPS) is 16.1. The molecule has 1 aliphatic rings. The van der Waals surface area contributed by atoms with Crippen LogP contribution in [0.1, 0.15) is 16.7 Å². The van der Waals surface area contributed by atoms with Crippen molar-refractivity contribution in [2.75, 3.05) is 38.0 Å². The van der Waals surface area contributed by atoms with Crippen LogP contribution in [-0.4, -0.2) is 53.4 Å². The average Bonchev–Trinajstić information content (AvgIpc) is 2.63. The van der Waals surface area contributed by atoms with Crippen molar-refractivity contribution in [3.63, 3.8) is 0 Å². The summed E-state index contributed by atoms with van der Waals surface area (Å²) in [5.41, 5.74) is 1.23. The number of para-hydroxylation sites is 1. The third-order valence-electron chi connectivity index (χ3n) is 4.68. The molecule has 0 saturated carbocycles. The van der Waals surface area contributed by atoms with E-state index in [4.69, 9.17) is 0 Å². The molecule has 1 N–H and O–H groups in total. The predicted molar refractivity (Wildman–Crippen MR) is 101 cm³/mol. The van der Waals surface area contributed by atoms with Gasteiger partial charge in [0, 0.05) is 45.1 Å². The van der Waals surface area contributed by atoms with Crippen LogP contribution >= 0.6 is 0 Å². The molecule has 28 heavy (non-hydrogen) atoms. The quantitative estimate of drug-likeness (QED) is 0.849. The van der Waals surface area contributed by atoms with E-state index >= 15 is 0 Å². The second kappa shape index (κ2) is 8.70. The second-order valence-electron chi connectivity index (χ2n) is 7.01. The third-order valence-corrected chi connectivity index (χ3v) is 4.68. The fourth-order valence-electron chi connectivity index (χ4n) is 3.30. The summed E-state index contributed by atoms with van der Waals surface area (Å²) in [4.78, 5) is 20.7. The van der Waals surface area contributed by atoms with Gasteiger partial charge < -0.3 is 5.32 Å². The van der Waals surface area contributed by atoms with Crippen LogP contribution in [0.15, 0.2) is 42.7 Å². The zero-order valence-corrected chi connectivity index (χ0v) is 15.7. The Morgan fingerprint density at radius 1 is 1.11 bits per heavy atom. The Kier molecular flexibility index (Phi) is 6.31. The summed E-state index contributed by atoms with van der Waals surface area (Å²) in [7, 11) is 0. The van der Waals surface area contributed by atoms with Gasteiger partial charge in [-0.25, -0.2) is 0 Å². The summed E-state index contributed by atoms with van der Waals surface area (Å²) in [5, 5.41) is 2.40. The largest absolute Gasteiger partial charge is 0.418 e. The van der Waals surface area contributed by atoms with Crippen molar-refractivity contribution >= 4 is 11.6 Å². The van der Waals surface area contributed by atoms with Gasteiger partial charge in [-0.05, 0) is 30.2 Å². The second-order valence-corrected chi connectivity index (χ2v) is 7.01. The van der Waals surface area contributed by atoms with E-state index in [2.05, 4.69) is 21.3 Å². The smallest absolute Gasteiger partial charge is 0.324 e. The number of alkyl halides is 3. The number of carbonyl (C=O) groups is 1. The number of anilines is 1. The predicted octanol–water partition coefficient (Wildman–Crippen LogP) is 3.17. The molecule has 1 aromatic heterocycles. The van der Waals surface area contributed by atoms with Crippen molar-refractivity contribution in [3.8, 4) is 0 Å². The molecule has 1 aromatic carbocycles. The van der Waals surface area contributed by atoms with Crippen molar-refractivity contribution in [1.82, 2.24) is 14.8 Å². The molecule has 0 radical (unpaired) electrons. The van der Waals surface area contributed by atoms with Gasteiger partial charge >= 0.3 is 6.18 Å². The van der Waals surface area contributed by atoms with Crippen LogP contribution < -0.4 is 5.32 Å². The van der Waals surface area contributed by atoms with Crippen molar-refractivity contribution in [3.05, 3.63) is 59.4 Å². The van der Waals surface area contributed by atoms with Crippen molar-refractivity contribution in [2.45, 2.75) is 19.6 Å². The van der Waals surface area contributed by atoms with E-state index < -0.39 is 17.6 Å². The van der Waals surface area contributed by atoms with Gasteiger partial charge in [-0.1, -0.05) is 18.2 Å². The van der Waals surface area contributed by atoms with Gasteiger partial charge in [0.25, 0.3) is 0 Å². The van der Waals surface area contributed by atoms with Gasteiger partial charge in [-0.3, -0.25) is 19.6 Å². The lowest BCUT2D eigenvalue weighted by atomic mass is 10.1. The third kappa shape index (κ3) is 5.53. The fourth-order valence-corrected chi connectivity index (χ4v) is 3.30. The molecule has 1 aliphatic heterocycles. The van der Waals surface area contributed by atoms with E-state index in [9.17, 15) is 18.0 Å². The van der Waals surface area contributed by atoms with E-state index in [1.807, 2.05) is 24.2 Å². The van der Waals surface area contributed by atoms with Gasteiger partial charge in [0.05, 0.1) is 17.8 Å². The standard InChI is InChI=1S/C20H23F3N4O/c1-15-10-16(12-24-11-15)13-26-6-8-27(9-7-26)14-19(28)25-18-5-3-2-4-17(18)20(21,22)23/h2-5,10-12H,6-9,13-14H2,1H3,(H,25,28). The number of aromatic nitrogens is 1. The zero-order chi connectivity index (χ0) is 20.1. The zero-order valence-electron chi connectivity index (χ0n) is 15.7. The van der Waals surface area contributed by atoms with Crippen molar-refractivity contribution in [2.24, 2.45) is 0 Å². The van der Waals surface area contributed by atoms with E-state index in [1.54, 1.807) is 0 Å². The monoisotopic (exact) mass is 392 g/mol. The molecule has 1 saturated heterocycles. The number of carbonyl (C=O) groups excluding carboxylic acids is 1. The molecule has 150 valence electrons. The summed E-state index contributed by atoms with van der Waals surface area (Å²) in [6.45, 7) is 5.84. The number of pyridine rings is 1. The lowest BCUT2D eigenvalue weighted by Gasteiger charge is -2.34. The Balaban J connectivity index is 1.49. The Morgan fingerprint density at radius 3 is 2.46 bits per heavy atom.